The minimum absolute atomic E-state index is 0.0176. The van der Waals surface area contributed by atoms with Gasteiger partial charge >= 0.3 is 5.97 Å². The lowest BCUT2D eigenvalue weighted by Gasteiger charge is -2.26. The van der Waals surface area contributed by atoms with E-state index in [0.717, 1.165) is 62.1 Å². The van der Waals surface area contributed by atoms with Crippen LogP contribution in [0.3, 0.4) is 0 Å². The van der Waals surface area contributed by atoms with E-state index in [0.29, 0.717) is 44.4 Å². The third-order valence-corrected chi connectivity index (χ3v) is 7.62. The molecule has 3 heterocycles. The van der Waals surface area contributed by atoms with Crippen LogP contribution >= 0.6 is 0 Å². The predicted octanol–water partition coefficient (Wildman–Crippen LogP) is 4.74. The molecule has 1 aliphatic carbocycles. The van der Waals surface area contributed by atoms with Gasteiger partial charge in [-0.3, -0.25) is 9.69 Å². The second kappa shape index (κ2) is 12.3. The summed E-state index contributed by atoms with van der Waals surface area (Å²) < 4.78 is 26.1. The van der Waals surface area contributed by atoms with Gasteiger partial charge in [-0.25, -0.2) is 9.37 Å². The van der Waals surface area contributed by atoms with E-state index in [1.54, 1.807) is 6.07 Å². The number of rotatable bonds is 13. The zero-order valence-corrected chi connectivity index (χ0v) is 21.5. The van der Waals surface area contributed by atoms with Crippen LogP contribution in [0.2, 0.25) is 0 Å². The van der Waals surface area contributed by atoms with Crippen molar-refractivity contribution in [3.8, 4) is 0 Å². The van der Waals surface area contributed by atoms with Gasteiger partial charge < -0.3 is 19.9 Å². The fraction of sp³-hybridized carbons (Fsp3) is 0.586. The summed E-state index contributed by atoms with van der Waals surface area (Å²) in [7, 11) is 0. The number of ether oxygens (including phenoxy) is 2. The number of benzene rings is 1. The monoisotopic (exact) mass is 511 g/mol. The Kier molecular flexibility index (Phi) is 8.69. The number of aliphatic carboxylic acids is 1. The van der Waals surface area contributed by atoms with Crippen LogP contribution in [0.5, 0.6) is 0 Å². The Hall–Kier alpha value is -2.55. The Morgan fingerprint density at radius 1 is 1.22 bits per heavy atom. The fourth-order valence-corrected chi connectivity index (χ4v) is 5.35. The number of aryl methyl sites for hydroxylation is 2. The predicted molar refractivity (Wildman–Crippen MR) is 139 cm³/mol. The third kappa shape index (κ3) is 7.06. The van der Waals surface area contributed by atoms with Crippen molar-refractivity contribution < 1.29 is 23.8 Å². The third-order valence-electron chi connectivity index (χ3n) is 7.62. The number of carbonyl (C=O) groups is 1. The lowest BCUT2D eigenvalue weighted by atomic mass is 9.99. The number of aromatic nitrogens is 1. The maximum absolute atomic E-state index is 14.2. The highest BCUT2D eigenvalue weighted by Gasteiger charge is 2.35. The van der Waals surface area contributed by atoms with Gasteiger partial charge in [0.2, 0.25) is 0 Å². The van der Waals surface area contributed by atoms with Gasteiger partial charge in [0.05, 0.1) is 12.7 Å². The summed E-state index contributed by atoms with van der Waals surface area (Å²) in [4.78, 5) is 19.0. The lowest BCUT2D eigenvalue weighted by Crippen LogP contribution is -2.34. The molecule has 200 valence electrons. The fourth-order valence-electron chi connectivity index (χ4n) is 5.35. The molecular formula is C29H38FN3O4. The number of nitrogens with zero attached hydrogens (tertiary/aromatic N) is 2. The van der Waals surface area contributed by atoms with Gasteiger partial charge in [0, 0.05) is 38.5 Å². The molecule has 2 atom stereocenters. The molecule has 2 aliphatic heterocycles. The molecule has 1 aromatic carbocycles. The van der Waals surface area contributed by atoms with Gasteiger partial charge in [-0.15, -0.1) is 0 Å². The van der Waals surface area contributed by atoms with Gasteiger partial charge in [0.25, 0.3) is 0 Å². The standard InChI is InChI=1S/C29H38FN3O4/c30-23-10-8-22(19-36-18-20-6-7-20)26(16-23)27(29(34)35)33-14-12-25(17-33)37-15-2-1-5-24-11-9-21-4-3-13-31-28(21)32-24/h8-11,16,20,25,27H,1-7,12-15,17-19H2,(H,31,32)(H,34,35)/t25-,27?/m1/s1. The lowest BCUT2D eigenvalue weighted by molar-refractivity contribution is -0.143. The Labute approximate surface area is 218 Å². The molecule has 0 amide bonds. The number of pyridine rings is 1. The normalized spacial score (nSPS) is 20.4. The molecule has 0 radical (unpaired) electrons. The second-order valence-electron chi connectivity index (χ2n) is 10.6. The highest BCUT2D eigenvalue weighted by molar-refractivity contribution is 5.76. The van der Waals surface area contributed by atoms with Crippen molar-refractivity contribution in [3.63, 3.8) is 0 Å². The van der Waals surface area contributed by atoms with Gasteiger partial charge in [-0.1, -0.05) is 12.1 Å². The van der Waals surface area contributed by atoms with Crippen LogP contribution < -0.4 is 5.32 Å². The average molecular weight is 512 g/mol. The number of carboxylic acids is 1. The molecule has 2 N–H and O–H groups in total. The highest BCUT2D eigenvalue weighted by atomic mass is 19.1. The summed E-state index contributed by atoms with van der Waals surface area (Å²) in [6, 6.07) is 7.80. The number of hydrogen-bond donors (Lipinski definition) is 2. The molecule has 3 aliphatic rings. The summed E-state index contributed by atoms with van der Waals surface area (Å²) in [6.07, 6.45) is 8.22. The number of nitrogens with one attached hydrogen (secondary N) is 1. The molecule has 1 unspecified atom stereocenters. The molecule has 0 bridgehead atoms. The number of anilines is 1. The Balaban J connectivity index is 1.10. The first-order valence-electron chi connectivity index (χ1n) is 13.7. The molecule has 8 heteroatoms. The van der Waals surface area contributed by atoms with Gasteiger partial charge in [-0.2, -0.15) is 0 Å². The molecule has 2 aromatic rings. The number of halogens is 1. The summed E-state index contributed by atoms with van der Waals surface area (Å²) in [5.41, 5.74) is 3.64. The SMILES string of the molecule is O=C(O)C(c1cc(F)ccc1COCC1CC1)N1CC[C@@H](OCCCCc2ccc3c(n2)NCCC3)C1. The van der Waals surface area contributed by atoms with Crippen molar-refractivity contribution in [2.45, 2.75) is 70.1 Å². The Morgan fingerprint density at radius 3 is 2.95 bits per heavy atom. The van der Waals surface area contributed by atoms with Crippen molar-refractivity contribution in [1.29, 1.82) is 0 Å². The van der Waals surface area contributed by atoms with E-state index in [1.807, 2.05) is 4.90 Å². The van der Waals surface area contributed by atoms with Crippen molar-refractivity contribution in [2.75, 3.05) is 38.2 Å². The maximum atomic E-state index is 14.2. The Bertz CT molecular complexity index is 1080. The minimum Gasteiger partial charge on any atom is -0.480 e. The minimum atomic E-state index is -0.971. The molecule has 1 saturated carbocycles. The van der Waals surface area contributed by atoms with E-state index in [2.05, 4.69) is 17.4 Å². The average Bonchev–Trinajstić information content (AvgIpc) is 3.61. The first-order valence-corrected chi connectivity index (χ1v) is 13.7. The summed E-state index contributed by atoms with van der Waals surface area (Å²) in [5.74, 6) is 0.252. The van der Waals surface area contributed by atoms with Gasteiger partial charge in [-0.05, 0) is 92.2 Å². The van der Waals surface area contributed by atoms with E-state index < -0.39 is 17.8 Å². The van der Waals surface area contributed by atoms with Crippen LogP contribution in [0.15, 0.2) is 30.3 Å². The highest BCUT2D eigenvalue weighted by Crippen LogP contribution is 2.32. The van der Waals surface area contributed by atoms with Crippen LogP contribution in [0.4, 0.5) is 10.2 Å². The zero-order valence-electron chi connectivity index (χ0n) is 21.5. The number of likely N-dealkylation sites (tertiary alicyclic amines) is 1. The molecule has 1 saturated heterocycles. The quantitative estimate of drug-likeness (QED) is 0.376. The van der Waals surface area contributed by atoms with E-state index in [9.17, 15) is 14.3 Å². The first-order chi connectivity index (χ1) is 18.1. The molecule has 7 nitrogen and oxygen atoms in total. The summed E-state index contributed by atoms with van der Waals surface area (Å²) in [5, 5.41) is 13.5. The van der Waals surface area contributed by atoms with Crippen molar-refractivity contribution >= 4 is 11.8 Å². The van der Waals surface area contributed by atoms with E-state index in [-0.39, 0.29) is 6.10 Å². The number of unbranched alkanes of at least 4 members (excludes halogenated alkanes) is 1. The maximum Gasteiger partial charge on any atom is 0.325 e. The number of carboxylic acid groups (broad SMARTS) is 1. The van der Waals surface area contributed by atoms with Crippen LogP contribution in [0.25, 0.3) is 0 Å². The number of hydrogen-bond acceptors (Lipinski definition) is 6. The topological polar surface area (TPSA) is 83.9 Å². The molecular weight excluding hydrogens is 473 g/mol. The van der Waals surface area contributed by atoms with Gasteiger partial charge in [0.1, 0.15) is 17.7 Å². The summed E-state index contributed by atoms with van der Waals surface area (Å²) >= 11 is 0. The molecule has 5 rings (SSSR count). The van der Waals surface area contributed by atoms with Crippen LogP contribution in [-0.4, -0.2) is 59.9 Å². The second-order valence-corrected chi connectivity index (χ2v) is 10.6. The number of fused-ring (bicyclic) bond motifs is 1. The van der Waals surface area contributed by atoms with Crippen molar-refractivity contribution in [2.24, 2.45) is 5.92 Å². The molecule has 2 fully saturated rings. The first kappa shape index (κ1) is 26.1. The van der Waals surface area contributed by atoms with Crippen LogP contribution in [0, 0.1) is 11.7 Å². The van der Waals surface area contributed by atoms with Crippen molar-refractivity contribution in [3.05, 3.63) is 58.5 Å². The largest absolute Gasteiger partial charge is 0.480 e. The van der Waals surface area contributed by atoms with Crippen molar-refractivity contribution in [1.82, 2.24) is 9.88 Å². The van der Waals surface area contributed by atoms with E-state index >= 15 is 0 Å². The zero-order chi connectivity index (χ0) is 25.6. The summed E-state index contributed by atoms with van der Waals surface area (Å²) in [6.45, 7) is 3.74. The smallest absolute Gasteiger partial charge is 0.325 e. The van der Waals surface area contributed by atoms with Gasteiger partial charge in [0.15, 0.2) is 0 Å². The molecule has 0 spiro atoms. The van der Waals surface area contributed by atoms with Crippen LogP contribution in [-0.2, 0) is 33.7 Å². The Morgan fingerprint density at radius 2 is 2.11 bits per heavy atom. The van der Waals surface area contributed by atoms with E-state index in [1.165, 1.54) is 30.5 Å². The molecule has 1 aromatic heterocycles. The van der Waals surface area contributed by atoms with E-state index in [4.69, 9.17) is 14.5 Å². The van der Waals surface area contributed by atoms with Crippen LogP contribution in [0.1, 0.15) is 67.0 Å². The molecule has 37 heavy (non-hydrogen) atoms.